The van der Waals surface area contributed by atoms with Crippen LogP contribution >= 0.6 is 45.3 Å². The van der Waals surface area contributed by atoms with Gasteiger partial charge in [0.15, 0.2) is 0 Å². The molecular weight excluding hydrogens is 446 g/mol. The molecular formula is C9H11IN2S2Sn. The molecule has 0 aliphatic heterocycles. The van der Waals surface area contributed by atoms with Crippen molar-refractivity contribution >= 4 is 66.5 Å². The molecule has 0 unspecified atom stereocenters. The fourth-order valence-corrected chi connectivity index (χ4v) is 8.23. The predicted octanol–water partition coefficient (Wildman–Crippen LogP) is 3.42. The molecule has 2 nitrogen and oxygen atoms in total. The summed E-state index contributed by atoms with van der Waals surface area (Å²) in [5.74, 6) is 0. The molecule has 2 aromatic heterocycles. The molecule has 0 amide bonds. The topological polar surface area (TPSA) is 25.8 Å². The van der Waals surface area contributed by atoms with Crippen molar-refractivity contribution in [3.63, 3.8) is 0 Å². The van der Waals surface area contributed by atoms with Crippen LogP contribution in [0.4, 0.5) is 0 Å². The van der Waals surface area contributed by atoms with Gasteiger partial charge in [-0.25, -0.2) is 0 Å². The minimum absolute atomic E-state index is 1.06. The van der Waals surface area contributed by atoms with Gasteiger partial charge in [0.2, 0.25) is 0 Å². The molecule has 0 spiro atoms. The molecule has 0 aliphatic rings. The molecule has 0 N–H and O–H groups in total. The summed E-state index contributed by atoms with van der Waals surface area (Å²) >= 11 is 3.92. The second-order valence-electron chi connectivity index (χ2n) is 4.25. The molecule has 0 aromatic carbocycles. The summed E-state index contributed by atoms with van der Waals surface area (Å²) in [7, 11) is 0. The van der Waals surface area contributed by atoms with Crippen LogP contribution in [-0.4, -0.2) is 28.3 Å². The zero-order valence-electron chi connectivity index (χ0n) is 8.74. The summed E-state index contributed by atoms with van der Waals surface area (Å²) in [4.78, 5) is 16.1. The first-order valence-electron chi connectivity index (χ1n) is 4.55. The summed E-state index contributed by atoms with van der Waals surface area (Å²) in [5.41, 5.74) is 0. The number of hydrogen-bond acceptors (Lipinski definition) is 4. The maximum absolute atomic E-state index is 4.48. The van der Waals surface area contributed by atoms with E-state index in [4.69, 9.17) is 0 Å². The Kier molecular flexibility index (Phi) is 3.74. The fraction of sp³-hybridized carbons (Fsp3) is 0.333. The van der Waals surface area contributed by atoms with Gasteiger partial charge in [0.25, 0.3) is 0 Å². The number of nitrogens with zero attached hydrogens (tertiary/aromatic N) is 2. The van der Waals surface area contributed by atoms with Crippen LogP contribution in [0, 0.1) is 2.88 Å². The van der Waals surface area contributed by atoms with Crippen molar-refractivity contribution in [2.45, 2.75) is 14.8 Å². The van der Waals surface area contributed by atoms with Crippen LogP contribution in [0.15, 0.2) is 12.4 Å². The van der Waals surface area contributed by atoms with Crippen LogP contribution in [0.3, 0.4) is 0 Å². The quantitative estimate of drug-likeness (QED) is 0.511. The Morgan fingerprint density at radius 1 is 1.07 bits per heavy atom. The number of thiazole rings is 2. The Morgan fingerprint density at radius 2 is 1.67 bits per heavy atom. The van der Waals surface area contributed by atoms with Crippen LogP contribution in [0.1, 0.15) is 0 Å². The summed E-state index contributed by atoms with van der Waals surface area (Å²) in [5, 5.41) is 2.15. The van der Waals surface area contributed by atoms with Gasteiger partial charge in [-0.1, -0.05) is 0 Å². The molecule has 0 saturated heterocycles. The zero-order chi connectivity index (χ0) is 11.1. The van der Waals surface area contributed by atoms with Gasteiger partial charge in [0, 0.05) is 0 Å². The SMILES string of the molecule is [CH3][Sn]([CH3])([CH3])[c]1cnc(-c2ncc(I)s2)s1. The summed E-state index contributed by atoms with van der Waals surface area (Å²) in [6, 6.07) is 0. The summed E-state index contributed by atoms with van der Waals surface area (Å²) in [6.07, 6.45) is 3.96. The van der Waals surface area contributed by atoms with Crippen molar-refractivity contribution in [1.82, 2.24) is 9.97 Å². The van der Waals surface area contributed by atoms with E-state index in [-0.39, 0.29) is 0 Å². The molecule has 80 valence electrons. The van der Waals surface area contributed by atoms with Gasteiger partial charge in [-0.2, -0.15) is 0 Å². The van der Waals surface area contributed by atoms with E-state index in [1.54, 1.807) is 11.3 Å². The number of hydrogen-bond donors (Lipinski definition) is 0. The number of halogens is 1. The molecule has 15 heavy (non-hydrogen) atoms. The van der Waals surface area contributed by atoms with E-state index < -0.39 is 18.4 Å². The van der Waals surface area contributed by atoms with Gasteiger partial charge in [0.05, 0.1) is 0 Å². The van der Waals surface area contributed by atoms with Crippen LogP contribution in [-0.2, 0) is 0 Å². The summed E-state index contributed by atoms with van der Waals surface area (Å²) < 4.78 is 2.74. The van der Waals surface area contributed by atoms with Crippen molar-refractivity contribution in [2.75, 3.05) is 0 Å². The Balaban J connectivity index is 2.36. The molecule has 2 aromatic rings. The molecule has 0 aliphatic carbocycles. The van der Waals surface area contributed by atoms with Gasteiger partial charge in [0.1, 0.15) is 0 Å². The van der Waals surface area contributed by atoms with Gasteiger partial charge in [-0.15, -0.1) is 0 Å². The first-order chi connectivity index (χ1) is 6.97. The number of aromatic nitrogens is 2. The molecule has 0 saturated carbocycles. The first-order valence-corrected chi connectivity index (χ1v) is 17.2. The van der Waals surface area contributed by atoms with Gasteiger partial charge < -0.3 is 0 Å². The standard InChI is InChI=1S/C6H2IN2S2.3CH3.Sn/c7-4-3-9-6(11-4)5-8-1-2-10-5;;;;/h1,3H;3*1H3;. The Labute approximate surface area is 115 Å². The van der Waals surface area contributed by atoms with E-state index in [1.165, 1.54) is 5.78 Å². The third-order valence-corrected chi connectivity index (χ3v) is 14.2. The maximum atomic E-state index is 4.48. The minimum atomic E-state index is -1.92. The first kappa shape index (κ1) is 12.3. The van der Waals surface area contributed by atoms with E-state index in [0.717, 1.165) is 10.0 Å². The van der Waals surface area contributed by atoms with E-state index >= 15 is 0 Å². The summed E-state index contributed by atoms with van der Waals surface area (Å²) in [6.45, 7) is 0. The van der Waals surface area contributed by atoms with Crippen molar-refractivity contribution in [2.24, 2.45) is 0 Å². The zero-order valence-corrected chi connectivity index (χ0v) is 15.4. The van der Waals surface area contributed by atoms with E-state index in [9.17, 15) is 0 Å². The molecule has 6 heteroatoms. The van der Waals surface area contributed by atoms with Crippen molar-refractivity contribution in [3.8, 4) is 10.0 Å². The molecule has 0 bridgehead atoms. The normalized spacial score (nSPS) is 12.0. The predicted molar refractivity (Wildman–Crippen MR) is 78.9 cm³/mol. The Hall–Kier alpha value is 0.789. The van der Waals surface area contributed by atoms with Crippen molar-refractivity contribution in [3.05, 3.63) is 15.3 Å². The van der Waals surface area contributed by atoms with Crippen molar-refractivity contribution < 1.29 is 0 Å². The second kappa shape index (κ2) is 4.58. The monoisotopic (exact) mass is 458 g/mol. The number of rotatable bonds is 2. The van der Waals surface area contributed by atoms with E-state index in [2.05, 4.69) is 53.6 Å². The molecule has 0 atom stereocenters. The second-order valence-corrected chi connectivity index (χ2v) is 23.6. The molecule has 2 heterocycles. The molecule has 0 fully saturated rings. The van der Waals surface area contributed by atoms with Gasteiger partial charge in [-0.05, 0) is 0 Å². The van der Waals surface area contributed by atoms with Crippen molar-refractivity contribution in [1.29, 1.82) is 0 Å². The average Bonchev–Trinajstić information content (AvgIpc) is 2.69. The van der Waals surface area contributed by atoms with Crippen LogP contribution in [0.2, 0.25) is 14.8 Å². The average molecular weight is 457 g/mol. The fourth-order valence-electron chi connectivity index (χ4n) is 1.07. The third kappa shape index (κ3) is 2.92. The third-order valence-electron chi connectivity index (χ3n) is 1.91. The van der Waals surface area contributed by atoms with E-state index in [1.807, 2.05) is 17.5 Å². The molecule has 0 radical (unpaired) electrons. The van der Waals surface area contributed by atoms with Crippen LogP contribution < -0.4 is 2.89 Å². The Morgan fingerprint density at radius 3 is 2.13 bits per heavy atom. The van der Waals surface area contributed by atoms with E-state index in [0.29, 0.717) is 0 Å². The Bertz CT molecular complexity index is 472. The molecule has 2 rings (SSSR count). The van der Waals surface area contributed by atoms with Crippen LogP contribution in [0.25, 0.3) is 10.0 Å². The van der Waals surface area contributed by atoms with Crippen LogP contribution in [0.5, 0.6) is 0 Å². The van der Waals surface area contributed by atoms with Gasteiger partial charge in [-0.3, -0.25) is 0 Å². The van der Waals surface area contributed by atoms with Gasteiger partial charge >= 0.3 is 117 Å².